The van der Waals surface area contributed by atoms with Crippen molar-refractivity contribution in [2.75, 3.05) is 25.5 Å². The molecule has 2 heterocycles. The lowest BCUT2D eigenvalue weighted by atomic mass is 10.5. The molecule has 0 radical (unpaired) electrons. The van der Waals surface area contributed by atoms with Crippen molar-refractivity contribution in [3.63, 3.8) is 0 Å². The van der Waals surface area contributed by atoms with Crippen LogP contribution in [0, 0.1) is 0 Å². The zero-order chi connectivity index (χ0) is 15.8. The highest BCUT2D eigenvalue weighted by molar-refractivity contribution is 7.15. The van der Waals surface area contributed by atoms with Crippen LogP contribution in [0.1, 0.15) is 5.01 Å². The molecule has 1 atom stereocenters. The minimum atomic E-state index is -4.65. The maximum Gasteiger partial charge on any atom is 0.445 e. The number of hydrogen-bond acceptors (Lipinski definition) is 6. The number of urea groups is 1. The lowest BCUT2D eigenvalue weighted by molar-refractivity contribution is -0.138. The zero-order valence-electron chi connectivity index (χ0n) is 10.8. The third kappa shape index (κ3) is 2.99. The second-order valence-electron chi connectivity index (χ2n) is 4.03. The number of ether oxygens (including phenoxy) is 1. The Morgan fingerprint density at radius 2 is 2.14 bits per heavy atom. The highest BCUT2D eigenvalue weighted by atomic mass is 32.1. The molecule has 21 heavy (non-hydrogen) atoms. The molecule has 8 nitrogen and oxygen atoms in total. The normalized spacial score (nSPS) is 19.1. The number of halogens is 3. The van der Waals surface area contributed by atoms with E-state index < -0.39 is 29.5 Å². The number of anilines is 1. The summed E-state index contributed by atoms with van der Waals surface area (Å²) in [6.07, 6.45) is -6.54. The Balaban J connectivity index is 2.27. The summed E-state index contributed by atoms with van der Waals surface area (Å²) >= 11 is 0.201. The molecule has 1 fully saturated rings. The molecular formula is C9H10F3N5O3S. The number of alkyl carbamates (subject to hydrolysis) is 1. The minimum absolute atomic E-state index is 0.00713. The topological polar surface area (TPSA) is 87.7 Å². The second-order valence-corrected chi connectivity index (χ2v) is 4.99. The summed E-state index contributed by atoms with van der Waals surface area (Å²) in [7, 11) is 2.74. The van der Waals surface area contributed by atoms with Crippen LogP contribution in [0.15, 0.2) is 0 Å². The van der Waals surface area contributed by atoms with Gasteiger partial charge in [-0.05, 0) is 0 Å². The average molecular weight is 325 g/mol. The number of nitrogens with one attached hydrogen (secondary N) is 1. The largest absolute Gasteiger partial charge is 0.445 e. The minimum Gasteiger partial charge on any atom is -0.423 e. The fourth-order valence-corrected chi connectivity index (χ4v) is 2.35. The molecule has 0 aromatic carbocycles. The molecule has 1 aliphatic heterocycles. The number of aromatic nitrogens is 2. The van der Waals surface area contributed by atoms with Crippen molar-refractivity contribution in [1.82, 2.24) is 20.4 Å². The number of nitrogens with zero attached hydrogens (tertiary/aromatic N) is 4. The Morgan fingerprint density at radius 1 is 1.48 bits per heavy atom. The molecule has 2 rings (SSSR count). The molecule has 1 saturated heterocycles. The van der Waals surface area contributed by atoms with Crippen molar-refractivity contribution >= 4 is 28.6 Å². The van der Waals surface area contributed by atoms with Crippen molar-refractivity contribution in [1.29, 1.82) is 0 Å². The van der Waals surface area contributed by atoms with Gasteiger partial charge in [-0.3, -0.25) is 0 Å². The van der Waals surface area contributed by atoms with Gasteiger partial charge in [0.2, 0.25) is 16.4 Å². The first kappa shape index (κ1) is 15.3. The van der Waals surface area contributed by atoms with E-state index in [1.807, 2.05) is 0 Å². The lowest BCUT2D eigenvalue weighted by Crippen LogP contribution is -2.39. The maximum atomic E-state index is 12.5. The Hall–Kier alpha value is -2.11. The van der Waals surface area contributed by atoms with E-state index in [2.05, 4.69) is 15.5 Å². The van der Waals surface area contributed by atoms with Crippen molar-refractivity contribution in [3.8, 4) is 0 Å². The Morgan fingerprint density at radius 3 is 2.67 bits per heavy atom. The molecule has 3 amide bonds. The van der Waals surface area contributed by atoms with Gasteiger partial charge in [0.1, 0.15) is 0 Å². The van der Waals surface area contributed by atoms with Gasteiger partial charge in [-0.1, -0.05) is 11.3 Å². The number of likely N-dealkylation sites (N-methyl/N-ethyl adjacent to an activating group) is 1. The first-order valence-electron chi connectivity index (χ1n) is 5.57. The first-order valence-corrected chi connectivity index (χ1v) is 6.39. The molecule has 12 heteroatoms. The van der Waals surface area contributed by atoms with Gasteiger partial charge in [0.05, 0.1) is 6.54 Å². The van der Waals surface area contributed by atoms with Crippen LogP contribution in [0.25, 0.3) is 0 Å². The zero-order valence-corrected chi connectivity index (χ0v) is 11.7. The third-order valence-corrected chi connectivity index (χ3v) is 3.53. The van der Waals surface area contributed by atoms with Gasteiger partial charge in [-0.15, -0.1) is 10.2 Å². The summed E-state index contributed by atoms with van der Waals surface area (Å²) in [6.45, 7) is 0.00713. The van der Waals surface area contributed by atoms with E-state index in [4.69, 9.17) is 4.74 Å². The summed E-state index contributed by atoms with van der Waals surface area (Å²) in [5, 5.41) is 7.07. The number of amides is 3. The number of carbonyl (C=O) groups is 2. The Bertz CT molecular complexity index is 563. The quantitative estimate of drug-likeness (QED) is 0.880. The van der Waals surface area contributed by atoms with E-state index in [9.17, 15) is 22.8 Å². The smallest absolute Gasteiger partial charge is 0.423 e. The summed E-state index contributed by atoms with van der Waals surface area (Å²) < 4.78 is 42.5. The second kappa shape index (κ2) is 5.35. The van der Waals surface area contributed by atoms with Crippen LogP contribution in [0.5, 0.6) is 0 Å². The van der Waals surface area contributed by atoms with E-state index in [0.717, 1.165) is 4.90 Å². The summed E-state index contributed by atoms with van der Waals surface area (Å²) in [5.74, 6) is 0. The van der Waals surface area contributed by atoms with Gasteiger partial charge in [0.15, 0.2) is 0 Å². The van der Waals surface area contributed by atoms with Crippen LogP contribution in [0.3, 0.4) is 0 Å². The van der Waals surface area contributed by atoms with E-state index in [0.29, 0.717) is 0 Å². The van der Waals surface area contributed by atoms with E-state index in [1.54, 1.807) is 0 Å². The fourth-order valence-electron chi connectivity index (χ4n) is 1.61. The monoisotopic (exact) mass is 325 g/mol. The number of carbonyl (C=O) groups excluding carboxylic acids is 2. The third-order valence-electron chi connectivity index (χ3n) is 2.56. The molecule has 0 aliphatic carbocycles. The fraction of sp³-hybridized carbons (Fsp3) is 0.556. The van der Waals surface area contributed by atoms with Crippen LogP contribution in [0.4, 0.5) is 27.9 Å². The van der Waals surface area contributed by atoms with Crippen LogP contribution >= 0.6 is 11.3 Å². The van der Waals surface area contributed by atoms with Crippen molar-refractivity contribution in [3.05, 3.63) is 5.01 Å². The Labute approximate surface area is 120 Å². The van der Waals surface area contributed by atoms with Crippen molar-refractivity contribution in [2.45, 2.75) is 12.4 Å². The predicted molar refractivity (Wildman–Crippen MR) is 64.7 cm³/mol. The summed E-state index contributed by atoms with van der Waals surface area (Å²) in [5.41, 5.74) is 0. The van der Waals surface area contributed by atoms with Gasteiger partial charge < -0.3 is 15.0 Å². The number of alkyl halides is 3. The predicted octanol–water partition coefficient (Wildman–Crippen LogP) is 1.11. The van der Waals surface area contributed by atoms with E-state index >= 15 is 0 Å². The lowest BCUT2D eigenvalue weighted by Gasteiger charge is -2.19. The molecule has 116 valence electrons. The van der Waals surface area contributed by atoms with Crippen molar-refractivity contribution in [2.24, 2.45) is 0 Å². The molecule has 0 bridgehead atoms. The Kier molecular flexibility index (Phi) is 3.89. The van der Waals surface area contributed by atoms with Gasteiger partial charge >= 0.3 is 18.3 Å². The van der Waals surface area contributed by atoms with Crippen LogP contribution in [-0.2, 0) is 10.9 Å². The van der Waals surface area contributed by atoms with Crippen LogP contribution < -0.4 is 10.2 Å². The molecule has 1 aliphatic rings. The van der Waals surface area contributed by atoms with E-state index in [1.165, 1.54) is 19.0 Å². The number of rotatable bonds is 2. The van der Waals surface area contributed by atoms with Gasteiger partial charge in [0.25, 0.3) is 0 Å². The summed E-state index contributed by atoms with van der Waals surface area (Å²) in [4.78, 5) is 25.2. The van der Waals surface area contributed by atoms with Crippen LogP contribution in [-0.4, -0.2) is 54.1 Å². The molecule has 1 aromatic heterocycles. The standard InChI is InChI=1S/C9H10F3N5O3S/c1-13-7(18)20-4-3-16(2)8(19)17(4)6-15-14-5(21-6)9(10,11)12/h4H,3H2,1-2H3,(H,13,18). The average Bonchev–Trinajstić information content (AvgIpc) is 2.96. The van der Waals surface area contributed by atoms with Gasteiger partial charge in [-0.25, -0.2) is 14.5 Å². The highest BCUT2D eigenvalue weighted by Gasteiger charge is 2.43. The maximum absolute atomic E-state index is 12.5. The summed E-state index contributed by atoms with van der Waals surface area (Å²) in [6, 6.07) is -0.631. The first-order chi connectivity index (χ1) is 9.74. The highest BCUT2D eigenvalue weighted by Crippen LogP contribution is 2.36. The van der Waals surface area contributed by atoms with Crippen molar-refractivity contribution < 1.29 is 27.5 Å². The molecule has 0 saturated carbocycles. The molecule has 1 unspecified atom stereocenters. The van der Waals surface area contributed by atoms with Gasteiger partial charge in [0, 0.05) is 14.1 Å². The molecular weight excluding hydrogens is 315 g/mol. The van der Waals surface area contributed by atoms with Gasteiger partial charge in [-0.2, -0.15) is 13.2 Å². The molecule has 0 spiro atoms. The number of hydrogen-bond donors (Lipinski definition) is 1. The molecule has 1 N–H and O–H groups in total. The SMILES string of the molecule is CNC(=O)OC1CN(C)C(=O)N1c1nnc(C(F)(F)F)s1. The van der Waals surface area contributed by atoms with E-state index in [-0.39, 0.29) is 23.0 Å². The molecule has 1 aromatic rings. The van der Waals surface area contributed by atoms with Crippen LogP contribution in [0.2, 0.25) is 0 Å².